The van der Waals surface area contributed by atoms with E-state index < -0.39 is 0 Å². The van der Waals surface area contributed by atoms with Crippen LogP contribution in [0.15, 0.2) is 41.1 Å². The summed E-state index contributed by atoms with van der Waals surface area (Å²) in [6.45, 7) is -0.0432. The number of hydrogen-bond acceptors (Lipinski definition) is 3. The molecule has 0 fully saturated rings. The molecule has 0 unspecified atom stereocenters. The molecule has 1 aromatic heterocycles. The van der Waals surface area contributed by atoms with Gasteiger partial charge < -0.3 is 9.84 Å². The monoisotopic (exact) mass is 313 g/mol. The van der Waals surface area contributed by atoms with Crippen LogP contribution >= 0.6 is 27.5 Å². The maximum atomic E-state index is 8.96. The third kappa shape index (κ3) is 3.19. The molecule has 2 aromatic rings. The molecule has 88 valence electrons. The first-order valence-corrected chi connectivity index (χ1v) is 6.04. The number of aromatic nitrogens is 1. The van der Waals surface area contributed by atoms with E-state index in [9.17, 15) is 0 Å². The molecule has 3 nitrogen and oxygen atoms in total. The number of pyridine rings is 1. The van der Waals surface area contributed by atoms with Gasteiger partial charge in [-0.1, -0.05) is 17.7 Å². The Kier molecular flexibility index (Phi) is 3.99. The van der Waals surface area contributed by atoms with Crippen LogP contribution in [0.4, 0.5) is 0 Å². The molecule has 0 saturated heterocycles. The van der Waals surface area contributed by atoms with Crippen molar-refractivity contribution in [1.29, 1.82) is 0 Å². The third-order valence-electron chi connectivity index (χ3n) is 2.09. The Hall–Kier alpha value is -1.10. The molecule has 1 heterocycles. The number of benzene rings is 1. The average Bonchev–Trinajstić information content (AvgIpc) is 2.32. The number of aliphatic hydroxyl groups is 1. The lowest BCUT2D eigenvalue weighted by atomic mass is 10.2. The molecule has 0 bridgehead atoms. The Morgan fingerprint density at radius 2 is 2.12 bits per heavy atom. The molecular formula is C12H9BrClNO2. The zero-order valence-electron chi connectivity index (χ0n) is 8.73. The molecule has 0 atom stereocenters. The molecule has 0 amide bonds. The summed E-state index contributed by atoms with van der Waals surface area (Å²) >= 11 is 9.34. The van der Waals surface area contributed by atoms with E-state index in [-0.39, 0.29) is 6.61 Å². The second-order valence-electron chi connectivity index (χ2n) is 3.36. The zero-order valence-corrected chi connectivity index (χ0v) is 11.1. The summed E-state index contributed by atoms with van der Waals surface area (Å²) in [4.78, 5) is 3.99. The average molecular weight is 315 g/mol. The second-order valence-corrected chi connectivity index (χ2v) is 4.69. The normalized spacial score (nSPS) is 10.3. The summed E-state index contributed by atoms with van der Waals surface area (Å²) in [7, 11) is 0. The van der Waals surface area contributed by atoms with Crippen molar-refractivity contribution in [3.8, 4) is 11.5 Å². The highest BCUT2D eigenvalue weighted by Gasteiger charge is 2.05. The van der Waals surface area contributed by atoms with E-state index in [0.29, 0.717) is 16.5 Å². The Bertz CT molecular complexity index is 534. The standard InChI is InChI=1S/C12H9BrClNO2/c13-9-4-10(6-15-5-9)17-12-2-1-8(7-16)3-11(12)14/h1-6,16H,7H2. The van der Waals surface area contributed by atoms with Crippen molar-refractivity contribution in [2.75, 3.05) is 0 Å². The van der Waals surface area contributed by atoms with E-state index in [1.54, 1.807) is 36.7 Å². The number of rotatable bonds is 3. The van der Waals surface area contributed by atoms with Crippen LogP contribution in [0, 0.1) is 0 Å². The van der Waals surface area contributed by atoms with Gasteiger partial charge in [-0.2, -0.15) is 0 Å². The predicted octanol–water partition coefficient (Wildman–Crippen LogP) is 3.78. The summed E-state index contributed by atoms with van der Waals surface area (Å²) in [6.07, 6.45) is 3.27. The summed E-state index contributed by atoms with van der Waals surface area (Å²) in [5.74, 6) is 1.13. The largest absolute Gasteiger partial charge is 0.454 e. The molecule has 0 saturated carbocycles. The van der Waals surface area contributed by atoms with Gasteiger partial charge in [0, 0.05) is 10.7 Å². The lowest BCUT2D eigenvalue weighted by Crippen LogP contribution is -1.89. The quantitative estimate of drug-likeness (QED) is 0.937. The molecule has 0 aliphatic heterocycles. The van der Waals surface area contributed by atoms with E-state index in [4.69, 9.17) is 21.4 Å². The van der Waals surface area contributed by atoms with Crippen LogP contribution in [-0.4, -0.2) is 10.1 Å². The number of ether oxygens (including phenoxy) is 1. The van der Waals surface area contributed by atoms with Gasteiger partial charge in [0.15, 0.2) is 0 Å². The van der Waals surface area contributed by atoms with Crippen molar-refractivity contribution in [1.82, 2.24) is 4.98 Å². The van der Waals surface area contributed by atoms with Gasteiger partial charge in [0.05, 0.1) is 17.8 Å². The maximum absolute atomic E-state index is 8.96. The number of halogens is 2. The SMILES string of the molecule is OCc1ccc(Oc2cncc(Br)c2)c(Cl)c1. The van der Waals surface area contributed by atoms with Gasteiger partial charge in [0.25, 0.3) is 0 Å². The van der Waals surface area contributed by atoms with Crippen LogP contribution < -0.4 is 4.74 Å². The Balaban J connectivity index is 2.24. The summed E-state index contributed by atoms with van der Waals surface area (Å²) in [5.41, 5.74) is 0.745. The fraction of sp³-hybridized carbons (Fsp3) is 0.0833. The van der Waals surface area contributed by atoms with E-state index in [2.05, 4.69) is 20.9 Å². The fourth-order valence-corrected chi connectivity index (χ4v) is 1.89. The van der Waals surface area contributed by atoms with Crippen LogP contribution in [0.3, 0.4) is 0 Å². The number of nitrogens with zero attached hydrogens (tertiary/aromatic N) is 1. The molecule has 0 aliphatic rings. The Morgan fingerprint density at radius 3 is 2.76 bits per heavy atom. The maximum Gasteiger partial charge on any atom is 0.146 e. The molecule has 5 heteroatoms. The summed E-state index contributed by atoms with van der Waals surface area (Å²) in [5, 5.41) is 9.42. The summed E-state index contributed by atoms with van der Waals surface area (Å²) < 4.78 is 6.41. The molecule has 1 N–H and O–H groups in total. The first-order valence-electron chi connectivity index (χ1n) is 4.87. The van der Waals surface area contributed by atoms with Crippen molar-refractivity contribution in [2.45, 2.75) is 6.61 Å². The van der Waals surface area contributed by atoms with Gasteiger partial charge in [-0.15, -0.1) is 0 Å². The van der Waals surface area contributed by atoms with Crippen LogP contribution in [0.1, 0.15) is 5.56 Å². The Labute approximate surface area is 112 Å². The highest BCUT2D eigenvalue weighted by atomic mass is 79.9. The van der Waals surface area contributed by atoms with Gasteiger partial charge in [0.2, 0.25) is 0 Å². The first kappa shape index (κ1) is 12.4. The van der Waals surface area contributed by atoms with Gasteiger partial charge in [-0.05, 0) is 39.7 Å². The molecular weight excluding hydrogens is 305 g/mol. The van der Waals surface area contributed by atoms with Crippen molar-refractivity contribution in [2.24, 2.45) is 0 Å². The number of hydrogen-bond donors (Lipinski definition) is 1. The highest BCUT2D eigenvalue weighted by Crippen LogP contribution is 2.30. The van der Waals surface area contributed by atoms with E-state index in [1.165, 1.54) is 0 Å². The van der Waals surface area contributed by atoms with Crippen molar-refractivity contribution in [3.63, 3.8) is 0 Å². The molecule has 17 heavy (non-hydrogen) atoms. The van der Waals surface area contributed by atoms with E-state index in [1.807, 2.05) is 0 Å². The van der Waals surface area contributed by atoms with Gasteiger partial charge >= 0.3 is 0 Å². The number of aliphatic hydroxyl groups excluding tert-OH is 1. The van der Waals surface area contributed by atoms with Crippen molar-refractivity contribution >= 4 is 27.5 Å². The minimum Gasteiger partial charge on any atom is -0.454 e. The van der Waals surface area contributed by atoms with Crippen molar-refractivity contribution in [3.05, 3.63) is 51.7 Å². The molecule has 0 radical (unpaired) electrons. The lowest BCUT2D eigenvalue weighted by Gasteiger charge is -2.08. The fourth-order valence-electron chi connectivity index (χ4n) is 1.30. The third-order valence-corrected chi connectivity index (χ3v) is 2.82. The molecule has 0 spiro atoms. The van der Waals surface area contributed by atoms with Gasteiger partial charge in [-0.3, -0.25) is 4.98 Å². The van der Waals surface area contributed by atoms with Crippen LogP contribution in [-0.2, 0) is 6.61 Å². The molecule has 1 aromatic carbocycles. The molecule has 0 aliphatic carbocycles. The predicted molar refractivity (Wildman–Crippen MR) is 69.4 cm³/mol. The lowest BCUT2D eigenvalue weighted by molar-refractivity contribution is 0.281. The smallest absolute Gasteiger partial charge is 0.146 e. The zero-order chi connectivity index (χ0) is 12.3. The van der Waals surface area contributed by atoms with Crippen LogP contribution in [0.5, 0.6) is 11.5 Å². The van der Waals surface area contributed by atoms with Gasteiger partial charge in [-0.25, -0.2) is 0 Å². The Morgan fingerprint density at radius 1 is 1.29 bits per heavy atom. The molecule has 2 rings (SSSR count). The van der Waals surface area contributed by atoms with E-state index >= 15 is 0 Å². The minimum atomic E-state index is -0.0432. The second kappa shape index (κ2) is 5.49. The van der Waals surface area contributed by atoms with E-state index in [0.717, 1.165) is 10.0 Å². The summed E-state index contributed by atoms with van der Waals surface area (Å²) in [6, 6.07) is 6.94. The van der Waals surface area contributed by atoms with Crippen LogP contribution in [0.25, 0.3) is 0 Å². The van der Waals surface area contributed by atoms with Crippen molar-refractivity contribution < 1.29 is 9.84 Å². The van der Waals surface area contributed by atoms with Crippen LogP contribution in [0.2, 0.25) is 5.02 Å². The minimum absolute atomic E-state index is 0.0432. The van der Waals surface area contributed by atoms with Gasteiger partial charge in [0.1, 0.15) is 11.5 Å². The highest BCUT2D eigenvalue weighted by molar-refractivity contribution is 9.10. The topological polar surface area (TPSA) is 42.4 Å². The first-order chi connectivity index (χ1) is 8.19.